The topological polar surface area (TPSA) is 60.2 Å². The molecule has 2 N–H and O–H groups in total. The standard InChI is InChI=1S/C14H14INO2S/c1-10-2-7-13(16)14(8-10)19(17,18)9-11-3-5-12(15)6-4-11/h2-8H,9,16H2,1H3. The molecule has 0 aliphatic heterocycles. The molecule has 0 atom stereocenters. The third kappa shape index (κ3) is 3.48. The molecule has 2 aromatic rings. The zero-order chi connectivity index (χ0) is 14.0. The van der Waals surface area contributed by atoms with Gasteiger partial charge in [0.15, 0.2) is 9.84 Å². The van der Waals surface area contributed by atoms with Crippen LogP contribution in [0.2, 0.25) is 0 Å². The van der Waals surface area contributed by atoms with Gasteiger partial charge in [-0.25, -0.2) is 8.42 Å². The van der Waals surface area contributed by atoms with Gasteiger partial charge in [0, 0.05) is 3.57 Å². The van der Waals surface area contributed by atoms with Crippen LogP contribution in [0, 0.1) is 10.5 Å². The average Bonchev–Trinajstić information content (AvgIpc) is 2.35. The molecule has 0 aliphatic rings. The van der Waals surface area contributed by atoms with E-state index in [-0.39, 0.29) is 10.6 Å². The van der Waals surface area contributed by atoms with Gasteiger partial charge < -0.3 is 5.73 Å². The zero-order valence-electron chi connectivity index (χ0n) is 10.4. The number of hydrogen-bond donors (Lipinski definition) is 1. The summed E-state index contributed by atoms with van der Waals surface area (Å²) in [6, 6.07) is 12.5. The van der Waals surface area contributed by atoms with Crippen molar-refractivity contribution in [1.29, 1.82) is 0 Å². The fraction of sp³-hybridized carbons (Fsp3) is 0.143. The van der Waals surface area contributed by atoms with Crippen molar-refractivity contribution in [3.8, 4) is 0 Å². The summed E-state index contributed by atoms with van der Waals surface area (Å²) in [4.78, 5) is 0.214. The predicted octanol–water partition coefficient (Wildman–Crippen LogP) is 3.16. The van der Waals surface area contributed by atoms with Gasteiger partial charge in [0.05, 0.1) is 16.3 Å². The molecule has 0 aliphatic carbocycles. The first-order chi connectivity index (χ1) is 8.88. The number of halogens is 1. The van der Waals surface area contributed by atoms with Crippen LogP contribution >= 0.6 is 22.6 Å². The maximum Gasteiger partial charge on any atom is 0.184 e. The van der Waals surface area contributed by atoms with E-state index in [4.69, 9.17) is 5.73 Å². The van der Waals surface area contributed by atoms with Gasteiger partial charge in [-0.2, -0.15) is 0 Å². The molecule has 100 valence electrons. The molecule has 0 aromatic heterocycles. The van der Waals surface area contributed by atoms with Gasteiger partial charge in [-0.15, -0.1) is 0 Å². The molecule has 0 spiro atoms. The molecular weight excluding hydrogens is 373 g/mol. The minimum Gasteiger partial charge on any atom is -0.398 e. The lowest BCUT2D eigenvalue weighted by Crippen LogP contribution is -2.08. The Labute approximate surface area is 126 Å². The van der Waals surface area contributed by atoms with E-state index >= 15 is 0 Å². The van der Waals surface area contributed by atoms with E-state index in [2.05, 4.69) is 22.6 Å². The molecule has 0 bridgehead atoms. The zero-order valence-corrected chi connectivity index (χ0v) is 13.4. The second-order valence-electron chi connectivity index (χ2n) is 4.43. The SMILES string of the molecule is Cc1ccc(N)c(S(=O)(=O)Cc2ccc(I)cc2)c1. The first-order valence-corrected chi connectivity index (χ1v) is 8.45. The van der Waals surface area contributed by atoms with Crippen LogP contribution in [0.5, 0.6) is 0 Å². The van der Waals surface area contributed by atoms with Crippen molar-refractivity contribution in [3.63, 3.8) is 0 Å². The number of anilines is 1. The van der Waals surface area contributed by atoms with Crippen molar-refractivity contribution in [2.75, 3.05) is 5.73 Å². The van der Waals surface area contributed by atoms with Crippen LogP contribution in [-0.4, -0.2) is 8.42 Å². The molecular formula is C14H14INO2S. The van der Waals surface area contributed by atoms with Gasteiger partial charge in [-0.3, -0.25) is 0 Å². The van der Waals surface area contributed by atoms with Crippen molar-refractivity contribution in [2.45, 2.75) is 17.6 Å². The van der Waals surface area contributed by atoms with E-state index in [1.165, 1.54) is 0 Å². The lowest BCUT2D eigenvalue weighted by atomic mass is 10.2. The summed E-state index contributed by atoms with van der Waals surface area (Å²) in [5, 5.41) is 0. The highest BCUT2D eigenvalue weighted by atomic mass is 127. The van der Waals surface area contributed by atoms with Crippen molar-refractivity contribution in [1.82, 2.24) is 0 Å². The van der Waals surface area contributed by atoms with Crippen LogP contribution in [0.3, 0.4) is 0 Å². The monoisotopic (exact) mass is 387 g/mol. The van der Waals surface area contributed by atoms with Gasteiger partial charge in [0.25, 0.3) is 0 Å². The van der Waals surface area contributed by atoms with Crippen LogP contribution in [0.25, 0.3) is 0 Å². The highest BCUT2D eigenvalue weighted by Crippen LogP contribution is 2.24. The highest BCUT2D eigenvalue weighted by Gasteiger charge is 2.18. The number of nitrogens with two attached hydrogens (primary N) is 1. The molecule has 0 fully saturated rings. The van der Waals surface area contributed by atoms with E-state index in [0.717, 1.165) is 14.7 Å². The largest absolute Gasteiger partial charge is 0.398 e. The second-order valence-corrected chi connectivity index (χ2v) is 7.63. The van der Waals surface area contributed by atoms with Crippen LogP contribution < -0.4 is 5.73 Å². The van der Waals surface area contributed by atoms with E-state index < -0.39 is 9.84 Å². The maximum atomic E-state index is 12.4. The number of rotatable bonds is 3. The van der Waals surface area contributed by atoms with Gasteiger partial charge in [-0.05, 0) is 64.9 Å². The van der Waals surface area contributed by atoms with Crippen molar-refractivity contribution < 1.29 is 8.42 Å². The molecule has 0 unspecified atom stereocenters. The minimum absolute atomic E-state index is 0.0302. The van der Waals surface area contributed by atoms with E-state index in [1.807, 2.05) is 31.2 Å². The summed E-state index contributed by atoms with van der Waals surface area (Å²) in [5.41, 5.74) is 7.72. The molecule has 2 aromatic carbocycles. The molecule has 0 amide bonds. The molecule has 3 nitrogen and oxygen atoms in total. The van der Waals surface area contributed by atoms with Crippen LogP contribution in [0.1, 0.15) is 11.1 Å². The van der Waals surface area contributed by atoms with Crippen molar-refractivity contribution >= 4 is 38.1 Å². The van der Waals surface area contributed by atoms with Gasteiger partial charge >= 0.3 is 0 Å². The summed E-state index contributed by atoms with van der Waals surface area (Å²) < 4.78 is 25.8. The first-order valence-electron chi connectivity index (χ1n) is 5.72. The normalized spacial score (nSPS) is 11.5. The third-order valence-corrected chi connectivity index (χ3v) is 5.23. The average molecular weight is 387 g/mol. The summed E-state index contributed by atoms with van der Waals surface area (Å²) in [5.74, 6) is -0.0302. The number of nitrogen functional groups attached to an aromatic ring is 1. The summed E-state index contributed by atoms with van der Waals surface area (Å²) in [6.07, 6.45) is 0. The quantitative estimate of drug-likeness (QED) is 0.650. The molecule has 0 radical (unpaired) electrons. The van der Waals surface area contributed by atoms with Crippen molar-refractivity contribution in [3.05, 3.63) is 57.2 Å². The predicted molar refractivity (Wildman–Crippen MR) is 85.6 cm³/mol. The third-order valence-electron chi connectivity index (χ3n) is 2.77. The molecule has 0 saturated heterocycles. The Morgan fingerprint density at radius 3 is 2.37 bits per heavy atom. The van der Waals surface area contributed by atoms with Gasteiger partial charge in [-0.1, -0.05) is 18.2 Å². The Bertz CT molecular complexity index is 694. The Morgan fingerprint density at radius 2 is 1.74 bits per heavy atom. The highest BCUT2D eigenvalue weighted by molar-refractivity contribution is 14.1. The maximum absolute atomic E-state index is 12.4. The van der Waals surface area contributed by atoms with E-state index in [9.17, 15) is 8.42 Å². The lowest BCUT2D eigenvalue weighted by molar-refractivity contribution is 0.595. The van der Waals surface area contributed by atoms with Crippen molar-refractivity contribution in [2.24, 2.45) is 0 Å². The second kappa shape index (κ2) is 5.50. The smallest absolute Gasteiger partial charge is 0.184 e. The Morgan fingerprint density at radius 1 is 1.11 bits per heavy atom. The Hall–Kier alpha value is -1.08. The molecule has 2 rings (SSSR count). The van der Waals surface area contributed by atoms with Gasteiger partial charge in [0.2, 0.25) is 0 Å². The molecule has 5 heteroatoms. The lowest BCUT2D eigenvalue weighted by Gasteiger charge is -2.08. The fourth-order valence-corrected chi connectivity index (χ4v) is 3.73. The Balaban J connectivity index is 2.37. The summed E-state index contributed by atoms with van der Waals surface area (Å²) >= 11 is 2.19. The van der Waals surface area contributed by atoms with Crippen LogP contribution in [0.15, 0.2) is 47.4 Å². The number of benzene rings is 2. The van der Waals surface area contributed by atoms with E-state index in [0.29, 0.717) is 5.69 Å². The number of aryl methyl sites for hydroxylation is 1. The van der Waals surface area contributed by atoms with Gasteiger partial charge in [0.1, 0.15) is 0 Å². The molecule has 19 heavy (non-hydrogen) atoms. The first kappa shape index (κ1) is 14.3. The van der Waals surface area contributed by atoms with Crippen LogP contribution in [0.4, 0.5) is 5.69 Å². The van der Waals surface area contributed by atoms with E-state index in [1.54, 1.807) is 18.2 Å². The molecule has 0 saturated carbocycles. The van der Waals surface area contributed by atoms with Crippen LogP contribution in [-0.2, 0) is 15.6 Å². The fourth-order valence-electron chi connectivity index (χ4n) is 1.79. The Kier molecular flexibility index (Phi) is 4.15. The summed E-state index contributed by atoms with van der Waals surface area (Å²) in [7, 11) is -3.41. The minimum atomic E-state index is -3.41. The summed E-state index contributed by atoms with van der Waals surface area (Å²) in [6.45, 7) is 1.85. The molecule has 0 heterocycles. The number of sulfone groups is 1. The number of hydrogen-bond acceptors (Lipinski definition) is 3.